The molecule has 0 bridgehead atoms. The van der Waals surface area contributed by atoms with E-state index in [1.807, 2.05) is 6.08 Å². The minimum absolute atomic E-state index is 0.173. The van der Waals surface area contributed by atoms with Gasteiger partial charge in [0.25, 0.3) is 0 Å². The molecular formula is C58H111NO8. The molecule has 0 aromatic carbocycles. The summed E-state index contributed by atoms with van der Waals surface area (Å²) in [5.74, 6) is -0.173. The Morgan fingerprint density at radius 2 is 0.836 bits per heavy atom. The minimum Gasteiger partial charge on any atom is -0.394 e. The summed E-state index contributed by atoms with van der Waals surface area (Å²) in [6, 6.07) is -0.802. The first-order chi connectivity index (χ1) is 32.8. The molecule has 9 nitrogen and oxygen atoms in total. The first-order valence-corrected chi connectivity index (χ1v) is 29.1. The lowest BCUT2D eigenvalue weighted by atomic mass is 9.99. The van der Waals surface area contributed by atoms with Gasteiger partial charge < -0.3 is 40.3 Å². The van der Waals surface area contributed by atoms with E-state index in [0.29, 0.717) is 6.42 Å². The van der Waals surface area contributed by atoms with Gasteiger partial charge in [0.15, 0.2) is 6.29 Å². The fourth-order valence-electron chi connectivity index (χ4n) is 9.39. The lowest BCUT2D eigenvalue weighted by molar-refractivity contribution is -0.302. The van der Waals surface area contributed by atoms with E-state index in [0.717, 1.165) is 38.5 Å². The molecule has 1 heterocycles. The predicted molar refractivity (Wildman–Crippen MR) is 281 cm³/mol. The maximum atomic E-state index is 13.0. The molecule has 396 valence electrons. The monoisotopic (exact) mass is 950 g/mol. The van der Waals surface area contributed by atoms with Crippen LogP contribution in [0.5, 0.6) is 0 Å². The van der Waals surface area contributed by atoms with E-state index in [4.69, 9.17) is 9.47 Å². The summed E-state index contributed by atoms with van der Waals surface area (Å²) in [6.45, 7) is 3.80. The summed E-state index contributed by atoms with van der Waals surface area (Å²) < 4.78 is 11.3. The number of aliphatic hydroxyl groups excluding tert-OH is 5. The molecule has 0 aromatic rings. The maximum Gasteiger partial charge on any atom is 0.220 e. The number of carbonyl (C=O) groups is 1. The molecule has 0 spiro atoms. The van der Waals surface area contributed by atoms with Gasteiger partial charge in [-0.2, -0.15) is 0 Å². The summed E-state index contributed by atoms with van der Waals surface area (Å²) in [6.07, 6.45) is 54.0. The van der Waals surface area contributed by atoms with Gasteiger partial charge in [0.2, 0.25) is 5.91 Å². The van der Waals surface area contributed by atoms with Gasteiger partial charge in [-0.1, -0.05) is 256 Å². The minimum atomic E-state index is -1.56. The summed E-state index contributed by atoms with van der Waals surface area (Å²) in [7, 11) is 0. The van der Waals surface area contributed by atoms with Crippen LogP contribution in [-0.2, 0) is 14.3 Å². The van der Waals surface area contributed by atoms with Crippen molar-refractivity contribution in [2.75, 3.05) is 13.2 Å². The Balaban J connectivity index is 2.14. The molecule has 0 aliphatic carbocycles. The summed E-state index contributed by atoms with van der Waals surface area (Å²) >= 11 is 0. The lowest BCUT2D eigenvalue weighted by Crippen LogP contribution is -2.60. The van der Waals surface area contributed by atoms with Crippen molar-refractivity contribution in [3.05, 3.63) is 24.3 Å². The van der Waals surface area contributed by atoms with Gasteiger partial charge in [0, 0.05) is 6.42 Å². The molecule has 0 aromatic heterocycles. The molecular weight excluding hydrogens is 839 g/mol. The van der Waals surface area contributed by atoms with Crippen LogP contribution in [0.25, 0.3) is 0 Å². The van der Waals surface area contributed by atoms with Crippen LogP contribution in [-0.4, -0.2) is 87.5 Å². The second-order valence-corrected chi connectivity index (χ2v) is 20.4. The first-order valence-electron chi connectivity index (χ1n) is 29.1. The van der Waals surface area contributed by atoms with Gasteiger partial charge in [-0.15, -0.1) is 0 Å². The van der Waals surface area contributed by atoms with Crippen molar-refractivity contribution in [2.45, 2.75) is 326 Å². The van der Waals surface area contributed by atoms with Crippen LogP contribution in [0.4, 0.5) is 0 Å². The Morgan fingerprint density at radius 3 is 1.21 bits per heavy atom. The molecule has 67 heavy (non-hydrogen) atoms. The third kappa shape index (κ3) is 38.1. The van der Waals surface area contributed by atoms with E-state index in [-0.39, 0.29) is 12.5 Å². The smallest absolute Gasteiger partial charge is 0.220 e. The number of hydrogen-bond acceptors (Lipinski definition) is 8. The zero-order chi connectivity index (χ0) is 48.7. The molecule has 6 N–H and O–H groups in total. The number of unbranched alkanes of at least 4 members (excludes halogenated alkanes) is 38. The number of rotatable bonds is 50. The average molecular weight is 951 g/mol. The van der Waals surface area contributed by atoms with Crippen LogP contribution in [0.3, 0.4) is 0 Å². The van der Waals surface area contributed by atoms with Gasteiger partial charge >= 0.3 is 0 Å². The third-order valence-electron chi connectivity index (χ3n) is 14.0. The number of ether oxygens (including phenoxy) is 2. The van der Waals surface area contributed by atoms with Crippen LogP contribution in [0, 0.1) is 0 Å². The fraction of sp³-hybridized carbons (Fsp3) is 0.914. The Morgan fingerprint density at radius 1 is 0.493 bits per heavy atom. The van der Waals surface area contributed by atoms with Crippen molar-refractivity contribution in [3.63, 3.8) is 0 Å². The van der Waals surface area contributed by atoms with E-state index < -0.39 is 49.5 Å². The Kier molecular flexibility index (Phi) is 45.9. The van der Waals surface area contributed by atoms with Crippen LogP contribution in [0.2, 0.25) is 0 Å². The second-order valence-electron chi connectivity index (χ2n) is 20.4. The largest absolute Gasteiger partial charge is 0.394 e. The standard InChI is InChI=1S/C58H111NO8/c1-3-5-7-9-11-13-15-17-19-20-21-22-23-24-25-26-27-28-29-30-31-32-33-34-36-38-40-42-44-46-48-54(62)59-51(50-66-58-57(65)56(64)55(63)53(49-60)67-58)52(61)47-45-43-41-39-37-35-18-16-14-12-10-8-6-4-2/h24-25,45,47,51-53,55-58,60-61,63-65H,3-23,26-44,46,48-50H2,1-2H3,(H,59,62)/b25-24-,47-45+. The number of amides is 1. The van der Waals surface area contributed by atoms with Crippen LogP contribution >= 0.6 is 0 Å². The quantitative estimate of drug-likeness (QED) is 0.0261. The summed E-state index contributed by atoms with van der Waals surface area (Å²) in [5, 5.41) is 54.4. The number of aliphatic hydroxyl groups is 5. The Bertz CT molecular complexity index is 1100. The Hall–Kier alpha value is -1.33. The van der Waals surface area contributed by atoms with Crippen molar-refractivity contribution in [3.8, 4) is 0 Å². The molecule has 0 saturated carbocycles. The van der Waals surface area contributed by atoms with Gasteiger partial charge in [-0.3, -0.25) is 4.79 Å². The lowest BCUT2D eigenvalue weighted by Gasteiger charge is -2.40. The number of allylic oxidation sites excluding steroid dienone is 3. The molecule has 7 unspecified atom stereocenters. The van der Waals surface area contributed by atoms with Gasteiger partial charge in [-0.25, -0.2) is 0 Å². The van der Waals surface area contributed by atoms with E-state index in [9.17, 15) is 30.3 Å². The van der Waals surface area contributed by atoms with E-state index >= 15 is 0 Å². The molecule has 1 saturated heterocycles. The van der Waals surface area contributed by atoms with E-state index in [2.05, 4.69) is 31.3 Å². The van der Waals surface area contributed by atoms with Crippen LogP contribution in [0.15, 0.2) is 24.3 Å². The Labute approximate surface area is 413 Å². The topological polar surface area (TPSA) is 149 Å². The van der Waals surface area contributed by atoms with Crippen LogP contribution < -0.4 is 5.32 Å². The van der Waals surface area contributed by atoms with E-state index in [1.165, 1.54) is 225 Å². The van der Waals surface area contributed by atoms with Crippen molar-refractivity contribution in [2.24, 2.45) is 0 Å². The number of carbonyl (C=O) groups excluding carboxylic acids is 1. The second kappa shape index (κ2) is 48.3. The zero-order valence-corrected chi connectivity index (χ0v) is 43.9. The van der Waals surface area contributed by atoms with Crippen molar-refractivity contribution in [1.29, 1.82) is 0 Å². The van der Waals surface area contributed by atoms with Gasteiger partial charge in [-0.05, 0) is 44.9 Å². The maximum absolute atomic E-state index is 13.0. The highest BCUT2D eigenvalue weighted by molar-refractivity contribution is 5.76. The molecule has 1 rings (SSSR count). The van der Waals surface area contributed by atoms with Crippen LogP contribution in [0.1, 0.15) is 284 Å². The van der Waals surface area contributed by atoms with Crippen molar-refractivity contribution in [1.82, 2.24) is 5.32 Å². The number of nitrogens with one attached hydrogen (secondary N) is 1. The third-order valence-corrected chi connectivity index (χ3v) is 14.0. The predicted octanol–water partition coefficient (Wildman–Crippen LogP) is 14.2. The summed E-state index contributed by atoms with van der Waals surface area (Å²) in [5.41, 5.74) is 0. The number of hydrogen-bond donors (Lipinski definition) is 6. The highest BCUT2D eigenvalue weighted by Crippen LogP contribution is 2.23. The zero-order valence-electron chi connectivity index (χ0n) is 43.9. The highest BCUT2D eigenvalue weighted by atomic mass is 16.7. The van der Waals surface area contributed by atoms with Crippen molar-refractivity contribution < 1.29 is 39.8 Å². The fourth-order valence-corrected chi connectivity index (χ4v) is 9.39. The van der Waals surface area contributed by atoms with E-state index in [1.54, 1.807) is 6.08 Å². The molecule has 9 heteroatoms. The van der Waals surface area contributed by atoms with Crippen molar-refractivity contribution >= 4 is 5.91 Å². The molecule has 1 aliphatic heterocycles. The molecule has 7 atom stereocenters. The molecule has 0 radical (unpaired) electrons. The summed E-state index contributed by atoms with van der Waals surface area (Å²) in [4.78, 5) is 13.0. The molecule has 1 aliphatic rings. The van der Waals surface area contributed by atoms with Gasteiger partial charge in [0.1, 0.15) is 24.4 Å². The van der Waals surface area contributed by atoms with Gasteiger partial charge in [0.05, 0.1) is 25.4 Å². The molecule has 1 fully saturated rings. The first kappa shape index (κ1) is 63.7. The normalized spacial score (nSPS) is 19.8. The SMILES string of the molecule is CCCCCCCCCCCCCC/C=C\CCCCCCCCCCCCCCCCC(=O)NC(COC1OC(CO)C(O)C(O)C1O)C(O)/C=C/CCCCCCCCCCCCCC. The molecule has 1 amide bonds. The highest BCUT2D eigenvalue weighted by Gasteiger charge is 2.44. The average Bonchev–Trinajstić information content (AvgIpc) is 3.33.